The minimum Gasteiger partial charge on any atom is -0.480 e. The van der Waals surface area contributed by atoms with E-state index >= 15 is 0 Å². The summed E-state index contributed by atoms with van der Waals surface area (Å²) < 4.78 is 10.5. The van der Waals surface area contributed by atoms with Crippen molar-refractivity contribution in [3.8, 4) is 11.5 Å². The van der Waals surface area contributed by atoms with Crippen LogP contribution in [0.2, 0.25) is 0 Å². The molecule has 1 aromatic carbocycles. The number of thiol groups is 1. The van der Waals surface area contributed by atoms with Gasteiger partial charge < -0.3 is 19.9 Å². The lowest BCUT2D eigenvalue weighted by Crippen LogP contribution is -2.42. The molecule has 1 aliphatic heterocycles. The number of carbonyl (C=O) groups is 2. The van der Waals surface area contributed by atoms with E-state index in [9.17, 15) is 9.59 Å². The van der Waals surface area contributed by atoms with Gasteiger partial charge >= 0.3 is 5.97 Å². The third-order valence-electron chi connectivity index (χ3n) is 3.24. The van der Waals surface area contributed by atoms with Gasteiger partial charge in [0.25, 0.3) is 0 Å². The highest BCUT2D eigenvalue weighted by Crippen LogP contribution is 2.33. The topological polar surface area (TPSA) is 84.9 Å². The van der Waals surface area contributed by atoms with Crippen LogP contribution in [-0.4, -0.2) is 35.6 Å². The molecule has 114 valence electrons. The monoisotopic (exact) mass is 311 g/mol. The van der Waals surface area contributed by atoms with Crippen LogP contribution in [0.25, 0.3) is 0 Å². The number of ether oxygens (including phenoxy) is 2. The number of nitrogens with one attached hydrogen (secondary N) is 1. The third kappa shape index (κ3) is 3.81. The number of hydrogen-bond acceptors (Lipinski definition) is 5. The minimum absolute atomic E-state index is 0.200. The smallest absolute Gasteiger partial charge is 0.325 e. The molecule has 0 spiro atoms. The molecule has 6 nitrogen and oxygen atoms in total. The van der Waals surface area contributed by atoms with Crippen LogP contribution in [0, 0.1) is 5.92 Å². The van der Waals surface area contributed by atoms with Crippen LogP contribution in [0.1, 0.15) is 12.5 Å². The Bertz CT molecular complexity index is 548. The lowest BCUT2D eigenvalue weighted by Gasteiger charge is -2.17. The molecule has 2 N–H and O–H groups in total. The van der Waals surface area contributed by atoms with Gasteiger partial charge in [-0.15, -0.1) is 0 Å². The van der Waals surface area contributed by atoms with Crippen molar-refractivity contribution >= 4 is 24.5 Å². The molecule has 0 saturated heterocycles. The van der Waals surface area contributed by atoms with Gasteiger partial charge in [-0.1, -0.05) is 6.07 Å². The van der Waals surface area contributed by atoms with Crippen molar-refractivity contribution in [1.82, 2.24) is 5.32 Å². The average Bonchev–Trinajstić information content (AvgIpc) is 2.91. The molecule has 2 atom stereocenters. The van der Waals surface area contributed by atoms with E-state index in [0.29, 0.717) is 23.7 Å². The Morgan fingerprint density at radius 1 is 1.38 bits per heavy atom. The fraction of sp³-hybridized carbons (Fsp3) is 0.429. The maximum Gasteiger partial charge on any atom is 0.325 e. The fourth-order valence-corrected chi connectivity index (χ4v) is 2.28. The number of carbonyl (C=O) groups excluding carboxylic acids is 1. The van der Waals surface area contributed by atoms with Crippen LogP contribution in [0.15, 0.2) is 18.2 Å². The van der Waals surface area contributed by atoms with Crippen LogP contribution < -0.4 is 14.8 Å². The van der Waals surface area contributed by atoms with Gasteiger partial charge in [0.05, 0.1) is 5.92 Å². The minimum atomic E-state index is -1.07. The Morgan fingerprint density at radius 2 is 2.10 bits per heavy atom. The van der Waals surface area contributed by atoms with Crippen molar-refractivity contribution in [2.24, 2.45) is 5.92 Å². The van der Waals surface area contributed by atoms with Gasteiger partial charge in [0.15, 0.2) is 11.5 Å². The fourth-order valence-electron chi connectivity index (χ4n) is 1.99. The SMILES string of the molecule is C[C@@H](NC(=O)[C@H](CS)Cc1ccc2c(c1)OCO2)C(=O)O. The van der Waals surface area contributed by atoms with Crippen molar-refractivity contribution in [2.75, 3.05) is 12.5 Å². The Hall–Kier alpha value is -1.89. The lowest BCUT2D eigenvalue weighted by molar-refractivity contribution is -0.141. The second-order valence-electron chi connectivity index (χ2n) is 4.84. The zero-order chi connectivity index (χ0) is 15.4. The molecule has 1 amide bonds. The lowest BCUT2D eigenvalue weighted by atomic mass is 9.99. The van der Waals surface area contributed by atoms with E-state index in [1.807, 2.05) is 12.1 Å². The molecule has 0 bridgehead atoms. The highest BCUT2D eigenvalue weighted by atomic mass is 32.1. The molecule has 1 heterocycles. The Kier molecular flexibility index (Phi) is 4.95. The zero-order valence-electron chi connectivity index (χ0n) is 11.5. The van der Waals surface area contributed by atoms with Gasteiger partial charge in [0.2, 0.25) is 12.7 Å². The summed E-state index contributed by atoms with van der Waals surface area (Å²) in [7, 11) is 0. The predicted molar refractivity (Wildman–Crippen MR) is 78.9 cm³/mol. The van der Waals surface area contributed by atoms with E-state index in [0.717, 1.165) is 5.56 Å². The van der Waals surface area contributed by atoms with Gasteiger partial charge in [-0.25, -0.2) is 0 Å². The first-order chi connectivity index (χ1) is 10.0. The molecule has 7 heteroatoms. The van der Waals surface area contributed by atoms with Crippen LogP contribution >= 0.6 is 12.6 Å². The molecule has 0 radical (unpaired) electrons. The Balaban J connectivity index is 2.01. The van der Waals surface area contributed by atoms with Crippen molar-refractivity contribution in [1.29, 1.82) is 0 Å². The number of hydrogen-bond donors (Lipinski definition) is 3. The first kappa shape index (κ1) is 15.5. The van der Waals surface area contributed by atoms with Crippen molar-refractivity contribution in [3.63, 3.8) is 0 Å². The summed E-state index contributed by atoms with van der Waals surface area (Å²) in [5.41, 5.74) is 0.913. The molecular weight excluding hydrogens is 294 g/mol. The highest BCUT2D eigenvalue weighted by molar-refractivity contribution is 7.80. The summed E-state index contributed by atoms with van der Waals surface area (Å²) in [5.74, 6) is -0.126. The predicted octanol–water partition coefficient (Wildman–Crippen LogP) is 1.09. The summed E-state index contributed by atoms with van der Waals surface area (Å²) in [6, 6.07) is 4.56. The summed E-state index contributed by atoms with van der Waals surface area (Å²) in [5, 5.41) is 11.3. The van der Waals surface area contributed by atoms with Crippen LogP contribution in [0.4, 0.5) is 0 Å². The molecule has 2 rings (SSSR count). The Morgan fingerprint density at radius 3 is 2.76 bits per heavy atom. The van der Waals surface area contributed by atoms with Gasteiger partial charge in [-0.05, 0) is 31.0 Å². The number of aliphatic carboxylic acids is 1. The first-order valence-electron chi connectivity index (χ1n) is 6.54. The number of fused-ring (bicyclic) bond motifs is 1. The van der Waals surface area contributed by atoms with Crippen molar-refractivity contribution in [2.45, 2.75) is 19.4 Å². The summed E-state index contributed by atoms with van der Waals surface area (Å²) in [4.78, 5) is 22.8. The number of benzene rings is 1. The molecule has 0 fully saturated rings. The largest absolute Gasteiger partial charge is 0.480 e. The number of amides is 1. The third-order valence-corrected chi connectivity index (χ3v) is 3.68. The molecule has 0 unspecified atom stereocenters. The second-order valence-corrected chi connectivity index (χ2v) is 5.20. The number of carboxylic acids is 1. The summed E-state index contributed by atoms with van der Waals surface area (Å²) in [6.07, 6.45) is 0.457. The van der Waals surface area contributed by atoms with E-state index in [4.69, 9.17) is 14.6 Å². The molecule has 21 heavy (non-hydrogen) atoms. The van der Waals surface area contributed by atoms with Crippen molar-refractivity contribution in [3.05, 3.63) is 23.8 Å². The molecule has 0 aromatic heterocycles. The first-order valence-corrected chi connectivity index (χ1v) is 7.17. The van der Waals surface area contributed by atoms with Gasteiger partial charge in [-0.2, -0.15) is 12.6 Å². The average molecular weight is 311 g/mol. The van der Waals surface area contributed by atoms with Gasteiger partial charge in [0.1, 0.15) is 6.04 Å². The summed E-state index contributed by atoms with van der Waals surface area (Å²) in [6.45, 7) is 1.63. The van der Waals surface area contributed by atoms with E-state index in [2.05, 4.69) is 17.9 Å². The van der Waals surface area contributed by atoms with Crippen LogP contribution in [-0.2, 0) is 16.0 Å². The molecule has 0 saturated carbocycles. The maximum absolute atomic E-state index is 12.0. The molecular formula is C14H17NO5S. The van der Waals surface area contributed by atoms with Gasteiger partial charge in [0, 0.05) is 5.75 Å². The van der Waals surface area contributed by atoms with Crippen molar-refractivity contribution < 1.29 is 24.2 Å². The molecule has 1 aliphatic rings. The van der Waals surface area contributed by atoms with Crippen LogP contribution in [0.5, 0.6) is 11.5 Å². The second kappa shape index (κ2) is 6.71. The number of carboxylic acid groups (broad SMARTS) is 1. The van der Waals surface area contributed by atoms with E-state index in [1.54, 1.807) is 6.07 Å². The highest BCUT2D eigenvalue weighted by Gasteiger charge is 2.23. The molecule has 0 aliphatic carbocycles. The molecule has 1 aromatic rings. The quantitative estimate of drug-likeness (QED) is 0.685. The summed E-state index contributed by atoms with van der Waals surface area (Å²) >= 11 is 4.18. The zero-order valence-corrected chi connectivity index (χ0v) is 12.4. The normalized spacial score (nSPS) is 15.3. The van der Waals surface area contributed by atoms with Gasteiger partial charge in [-0.3, -0.25) is 9.59 Å². The van der Waals surface area contributed by atoms with E-state index in [1.165, 1.54) is 6.92 Å². The Labute approximate surface area is 127 Å². The standard InChI is InChI=1S/C14H17NO5S/c1-8(14(17)18)15-13(16)10(6-21)4-9-2-3-11-12(5-9)20-7-19-11/h2-3,5,8,10,21H,4,6-7H2,1H3,(H,15,16)(H,17,18)/t8-,10+/m1/s1. The van der Waals surface area contributed by atoms with E-state index < -0.39 is 17.9 Å². The van der Waals surface area contributed by atoms with E-state index in [-0.39, 0.29) is 12.7 Å². The maximum atomic E-state index is 12.0. The number of rotatable bonds is 6. The van der Waals surface area contributed by atoms with Crippen LogP contribution in [0.3, 0.4) is 0 Å².